The normalized spacial score (nSPS) is 11.6. The number of benzene rings is 2. The first-order chi connectivity index (χ1) is 19.5. The van der Waals surface area contributed by atoms with Crippen LogP contribution >= 0.6 is 0 Å². The number of para-hydroxylation sites is 2. The molecule has 0 bridgehead atoms. The van der Waals surface area contributed by atoms with Crippen LogP contribution in [0.1, 0.15) is 82.3 Å². The summed E-state index contributed by atoms with van der Waals surface area (Å²) in [6, 6.07) is 22.1. The molecule has 4 heteroatoms. The Bertz CT molecular complexity index is 1380. The molecule has 212 valence electrons. The fraction of sp³-hybridized carbons (Fsp3) is 0.444. The zero-order chi connectivity index (χ0) is 28.3. The fourth-order valence-corrected chi connectivity index (χ4v) is 5.67. The Morgan fingerprint density at radius 2 is 1.35 bits per heavy atom. The standard InChI is InChI=1S/C36H50N4/c1-6-7-8-9-10-11-12-13-14-17-27-40-34-19-16-15-18-33(34)39(5)36(40)35-29-31(26-28-38(35)4)21-20-30-22-24-32(25-23-30)37(2)3/h15-16,18-26,28-29H,6-14,17,27H2,1-5H3/q+2. The zero-order valence-corrected chi connectivity index (χ0v) is 25.6. The molecule has 0 aliphatic heterocycles. The van der Waals surface area contributed by atoms with Gasteiger partial charge in [-0.3, -0.25) is 0 Å². The van der Waals surface area contributed by atoms with E-state index in [2.05, 4.69) is 133 Å². The van der Waals surface area contributed by atoms with Gasteiger partial charge >= 0.3 is 5.82 Å². The maximum atomic E-state index is 2.54. The lowest BCUT2D eigenvalue weighted by Crippen LogP contribution is -2.38. The van der Waals surface area contributed by atoms with E-state index in [-0.39, 0.29) is 0 Å². The van der Waals surface area contributed by atoms with E-state index < -0.39 is 0 Å². The van der Waals surface area contributed by atoms with Crippen LogP contribution in [-0.2, 0) is 20.6 Å². The number of imidazole rings is 1. The molecule has 2 aromatic heterocycles. The van der Waals surface area contributed by atoms with Gasteiger partial charge in [-0.25, -0.2) is 9.13 Å². The van der Waals surface area contributed by atoms with Crippen LogP contribution in [0.25, 0.3) is 34.7 Å². The molecule has 0 atom stereocenters. The topological polar surface area (TPSA) is 15.9 Å². The van der Waals surface area contributed by atoms with Crippen molar-refractivity contribution in [2.45, 2.75) is 77.7 Å². The van der Waals surface area contributed by atoms with Gasteiger partial charge in [0.2, 0.25) is 0 Å². The Labute approximate surface area is 242 Å². The predicted octanol–water partition coefficient (Wildman–Crippen LogP) is 8.11. The summed E-state index contributed by atoms with van der Waals surface area (Å²) < 4.78 is 7.17. The number of pyridine rings is 1. The van der Waals surface area contributed by atoms with E-state index in [0.717, 1.165) is 6.54 Å². The molecular weight excluding hydrogens is 488 g/mol. The van der Waals surface area contributed by atoms with Gasteiger partial charge < -0.3 is 4.90 Å². The van der Waals surface area contributed by atoms with Crippen molar-refractivity contribution in [2.24, 2.45) is 14.1 Å². The molecule has 40 heavy (non-hydrogen) atoms. The highest BCUT2D eigenvalue weighted by Crippen LogP contribution is 2.23. The lowest BCUT2D eigenvalue weighted by Gasteiger charge is -2.11. The first-order valence-electron chi connectivity index (χ1n) is 15.4. The highest BCUT2D eigenvalue weighted by Gasteiger charge is 2.29. The average molecular weight is 539 g/mol. The Balaban J connectivity index is 1.50. The van der Waals surface area contributed by atoms with Crippen molar-refractivity contribution in [3.63, 3.8) is 0 Å². The summed E-state index contributed by atoms with van der Waals surface area (Å²) in [6.07, 6.45) is 20.2. The molecule has 2 heterocycles. The Kier molecular flexibility index (Phi) is 11.0. The quantitative estimate of drug-likeness (QED) is 0.110. The van der Waals surface area contributed by atoms with E-state index in [9.17, 15) is 0 Å². The Morgan fingerprint density at radius 1 is 0.725 bits per heavy atom. The summed E-state index contributed by atoms with van der Waals surface area (Å²) in [5.41, 5.74) is 7.47. The molecule has 0 aliphatic rings. The van der Waals surface area contributed by atoms with Gasteiger partial charge in [-0.05, 0) is 48.2 Å². The number of aryl methyl sites for hydroxylation is 3. The van der Waals surface area contributed by atoms with Crippen LogP contribution in [0, 0.1) is 0 Å². The van der Waals surface area contributed by atoms with Crippen molar-refractivity contribution in [2.75, 3.05) is 19.0 Å². The number of rotatable bonds is 15. The second-order valence-electron chi connectivity index (χ2n) is 11.5. The smallest absolute Gasteiger partial charge is 0.355 e. The minimum absolute atomic E-state index is 1.05. The van der Waals surface area contributed by atoms with Crippen LogP contribution in [0.2, 0.25) is 0 Å². The van der Waals surface area contributed by atoms with Crippen molar-refractivity contribution in [3.05, 3.63) is 78.0 Å². The highest BCUT2D eigenvalue weighted by molar-refractivity contribution is 5.76. The van der Waals surface area contributed by atoms with Gasteiger partial charge in [0.15, 0.2) is 17.2 Å². The molecule has 0 radical (unpaired) electrons. The van der Waals surface area contributed by atoms with E-state index in [4.69, 9.17) is 0 Å². The van der Waals surface area contributed by atoms with Gasteiger partial charge in [0, 0.05) is 31.9 Å². The first kappa shape index (κ1) is 29.6. The number of hydrogen-bond donors (Lipinski definition) is 0. The summed E-state index contributed by atoms with van der Waals surface area (Å²) in [4.78, 5) is 2.13. The second kappa shape index (κ2) is 14.8. The van der Waals surface area contributed by atoms with Gasteiger partial charge in [0.1, 0.15) is 7.05 Å². The summed E-state index contributed by atoms with van der Waals surface area (Å²) in [5.74, 6) is 1.27. The van der Waals surface area contributed by atoms with E-state index >= 15 is 0 Å². The molecule has 0 saturated heterocycles. The third-order valence-corrected chi connectivity index (χ3v) is 8.12. The van der Waals surface area contributed by atoms with Crippen molar-refractivity contribution < 1.29 is 9.13 Å². The van der Waals surface area contributed by atoms with Gasteiger partial charge in [0.25, 0.3) is 5.69 Å². The molecule has 0 saturated carbocycles. The van der Waals surface area contributed by atoms with Crippen molar-refractivity contribution in [1.82, 2.24) is 4.57 Å². The van der Waals surface area contributed by atoms with Crippen LogP contribution in [0.4, 0.5) is 5.69 Å². The molecule has 0 amide bonds. The van der Waals surface area contributed by atoms with Crippen molar-refractivity contribution >= 4 is 28.9 Å². The molecule has 0 N–H and O–H groups in total. The Hall–Kier alpha value is -3.40. The van der Waals surface area contributed by atoms with Gasteiger partial charge in [0.05, 0.1) is 13.6 Å². The largest absolute Gasteiger partial charge is 0.378 e. The third-order valence-electron chi connectivity index (χ3n) is 8.12. The van der Waals surface area contributed by atoms with E-state index in [1.807, 2.05) is 0 Å². The monoisotopic (exact) mass is 538 g/mol. The molecule has 4 rings (SSSR count). The van der Waals surface area contributed by atoms with Crippen molar-refractivity contribution in [3.8, 4) is 11.5 Å². The molecule has 4 aromatic rings. The molecular formula is C36H50N4+2. The second-order valence-corrected chi connectivity index (χ2v) is 11.5. The number of nitrogens with zero attached hydrogens (tertiary/aromatic N) is 4. The lowest BCUT2D eigenvalue weighted by molar-refractivity contribution is -0.680. The Morgan fingerprint density at radius 3 is 2.02 bits per heavy atom. The van der Waals surface area contributed by atoms with Gasteiger partial charge in [-0.2, -0.15) is 4.57 Å². The number of anilines is 1. The fourth-order valence-electron chi connectivity index (χ4n) is 5.67. The van der Waals surface area contributed by atoms with E-state index in [0.29, 0.717) is 0 Å². The van der Waals surface area contributed by atoms with Gasteiger partial charge in [-0.1, -0.05) is 94.7 Å². The minimum atomic E-state index is 1.05. The third kappa shape index (κ3) is 7.62. The summed E-state index contributed by atoms with van der Waals surface area (Å²) in [5, 5.41) is 0. The number of unbranched alkanes of at least 4 members (excludes halogenated alkanes) is 9. The molecule has 0 unspecified atom stereocenters. The van der Waals surface area contributed by atoms with Crippen LogP contribution in [0.5, 0.6) is 0 Å². The summed E-state index contributed by atoms with van der Waals surface area (Å²) >= 11 is 0. The first-order valence-corrected chi connectivity index (χ1v) is 15.4. The van der Waals surface area contributed by atoms with Crippen LogP contribution in [0.15, 0.2) is 66.9 Å². The van der Waals surface area contributed by atoms with Crippen molar-refractivity contribution in [1.29, 1.82) is 0 Å². The molecule has 2 aromatic carbocycles. The molecule has 4 nitrogen and oxygen atoms in total. The number of aromatic nitrogens is 3. The van der Waals surface area contributed by atoms with E-state index in [1.165, 1.54) is 104 Å². The minimum Gasteiger partial charge on any atom is -0.378 e. The molecule has 0 fully saturated rings. The predicted molar refractivity (Wildman–Crippen MR) is 171 cm³/mol. The van der Waals surface area contributed by atoms with Crippen LogP contribution in [-0.4, -0.2) is 18.7 Å². The average Bonchev–Trinajstić information content (AvgIpc) is 3.25. The van der Waals surface area contributed by atoms with Crippen LogP contribution < -0.4 is 14.0 Å². The number of fused-ring (bicyclic) bond motifs is 1. The maximum absolute atomic E-state index is 2.54. The lowest BCUT2D eigenvalue weighted by atomic mass is 10.1. The zero-order valence-electron chi connectivity index (χ0n) is 25.6. The van der Waals surface area contributed by atoms with Crippen LogP contribution in [0.3, 0.4) is 0 Å². The molecule has 0 aliphatic carbocycles. The SMILES string of the molecule is CCCCCCCCCCCCn1c(-c2cc(/C=C\c3ccc(N(C)C)cc3)cc[n+]2C)[n+](C)c2ccccc21. The maximum Gasteiger partial charge on any atom is 0.355 e. The van der Waals surface area contributed by atoms with Gasteiger partial charge in [-0.15, -0.1) is 0 Å². The summed E-state index contributed by atoms with van der Waals surface area (Å²) in [6.45, 7) is 3.34. The van der Waals surface area contributed by atoms with E-state index in [1.54, 1.807) is 0 Å². The highest BCUT2D eigenvalue weighted by atomic mass is 15.2. The number of hydrogen-bond acceptors (Lipinski definition) is 1. The molecule has 0 spiro atoms. The summed E-state index contributed by atoms with van der Waals surface area (Å²) in [7, 11) is 8.52.